The lowest BCUT2D eigenvalue weighted by atomic mass is 9.92. The van der Waals surface area contributed by atoms with Crippen molar-refractivity contribution in [3.63, 3.8) is 0 Å². The summed E-state index contributed by atoms with van der Waals surface area (Å²) < 4.78 is 5.27. The quantitative estimate of drug-likeness (QED) is 0.162. The van der Waals surface area contributed by atoms with Crippen LogP contribution in [0.25, 0.3) is 93.7 Å². The first-order valence-corrected chi connectivity index (χ1v) is 23.2. The van der Waals surface area contributed by atoms with E-state index in [1.807, 2.05) is 11.3 Å². The summed E-state index contributed by atoms with van der Waals surface area (Å²) in [5.74, 6) is 0.354. The molecule has 0 radical (unpaired) electrons. The van der Waals surface area contributed by atoms with Crippen LogP contribution in [-0.2, 0) is 6.42 Å². The Hall–Kier alpha value is -7.72. The van der Waals surface area contributed by atoms with Crippen LogP contribution in [0.5, 0.6) is 0 Å². The Morgan fingerprint density at radius 2 is 1.06 bits per heavy atom. The number of thiophene rings is 1. The third-order valence-electron chi connectivity index (χ3n) is 14.1. The summed E-state index contributed by atoms with van der Waals surface area (Å²) in [6, 6.07) is 74.6. The van der Waals surface area contributed by atoms with E-state index in [2.05, 4.69) is 222 Å². The molecule has 3 heterocycles. The fraction of sp³-hybridized carbons (Fsp3) is 0.0492. The van der Waals surface area contributed by atoms with Crippen LogP contribution in [0.2, 0.25) is 0 Å². The second kappa shape index (κ2) is 13.9. The first-order valence-electron chi connectivity index (χ1n) is 22.4. The average molecular weight is 833 g/mol. The molecule has 12 aromatic rings. The molecule has 3 aromatic heterocycles. The van der Waals surface area contributed by atoms with E-state index < -0.39 is 0 Å². The van der Waals surface area contributed by atoms with Gasteiger partial charge in [0.1, 0.15) is 0 Å². The summed E-state index contributed by atoms with van der Waals surface area (Å²) in [5, 5.41) is 8.03. The lowest BCUT2D eigenvalue weighted by Crippen LogP contribution is -2.23. The molecule has 0 saturated heterocycles. The minimum atomic E-state index is 0.354. The van der Waals surface area contributed by atoms with E-state index in [0.29, 0.717) is 5.92 Å². The van der Waals surface area contributed by atoms with Crippen LogP contribution in [0.3, 0.4) is 0 Å². The molecule has 2 aliphatic carbocycles. The summed E-state index contributed by atoms with van der Waals surface area (Å²) >= 11 is 1.91. The van der Waals surface area contributed by atoms with Crippen LogP contribution in [-0.4, -0.2) is 4.40 Å². The Kier molecular flexibility index (Phi) is 7.78. The van der Waals surface area contributed by atoms with Crippen LogP contribution < -0.4 is 14.7 Å². The van der Waals surface area contributed by atoms with Gasteiger partial charge in [-0.2, -0.15) is 0 Å². The highest BCUT2D eigenvalue weighted by atomic mass is 32.1. The lowest BCUT2D eigenvalue weighted by molar-refractivity contribution is 0.926. The number of hydrogen-bond acceptors (Lipinski definition) is 2. The van der Waals surface area contributed by atoms with Gasteiger partial charge in [0, 0.05) is 59.3 Å². The van der Waals surface area contributed by atoms with Gasteiger partial charge in [-0.1, -0.05) is 164 Å². The molecule has 300 valence electrons. The maximum atomic E-state index is 2.51. The number of rotatable bonds is 6. The van der Waals surface area contributed by atoms with Crippen molar-refractivity contribution in [2.24, 2.45) is 0 Å². The second-order valence-corrected chi connectivity index (χ2v) is 18.7. The van der Waals surface area contributed by atoms with E-state index in [0.717, 1.165) is 24.2 Å². The molecular weight excluding hydrogens is 793 g/mol. The molecule has 0 fully saturated rings. The molecule has 0 amide bonds. The van der Waals surface area contributed by atoms with Crippen molar-refractivity contribution in [2.45, 2.75) is 18.8 Å². The number of benzene rings is 9. The maximum absolute atomic E-state index is 2.51. The third-order valence-corrected chi connectivity index (χ3v) is 15.2. The molecule has 1 atom stereocenters. The number of fused-ring (bicyclic) bond motifs is 12. The summed E-state index contributed by atoms with van der Waals surface area (Å²) in [4.78, 5) is 2.43. The predicted octanol–water partition coefficient (Wildman–Crippen LogP) is 15.2. The van der Waals surface area contributed by atoms with Crippen LogP contribution in [0.1, 0.15) is 29.0 Å². The molecule has 0 N–H and O–H groups in total. The maximum Gasteiger partial charge on any atom is 0.0620 e. The van der Waals surface area contributed by atoms with Gasteiger partial charge in [0.05, 0.1) is 16.6 Å². The zero-order valence-electron chi connectivity index (χ0n) is 35.0. The second-order valence-electron chi connectivity index (χ2n) is 17.6. The topological polar surface area (TPSA) is 7.65 Å². The smallest absolute Gasteiger partial charge is 0.0620 e. The molecule has 2 nitrogen and oxygen atoms in total. The molecule has 9 aromatic carbocycles. The minimum absolute atomic E-state index is 0.354. The first kappa shape index (κ1) is 35.8. The van der Waals surface area contributed by atoms with E-state index in [1.54, 1.807) is 0 Å². The highest BCUT2D eigenvalue weighted by Crippen LogP contribution is 2.46. The highest BCUT2D eigenvalue weighted by molar-refractivity contribution is 7.17. The Morgan fingerprint density at radius 3 is 1.89 bits per heavy atom. The van der Waals surface area contributed by atoms with Gasteiger partial charge >= 0.3 is 0 Å². The lowest BCUT2D eigenvalue weighted by Gasteiger charge is -2.27. The summed E-state index contributed by atoms with van der Waals surface area (Å²) in [7, 11) is 0. The first-order chi connectivity index (χ1) is 31.7. The standard InChI is InChI=1S/C61H40N2S/c1-2-10-38(11-3-1)39-20-26-45(27-21-39)62(46-28-22-40(23-29-46)41-24-32-53-52-13-5-7-19-58(52)64-59(53)37-41)47-30-33-49-44(36-47)35-43-34-42(25-31-48(43)49)50-14-8-16-55-56-17-9-15-54-51-12-4-6-18-57(51)63(60(50)55)61(54)56/h1-23,25-34,36-37,41H,24,35H2. The van der Waals surface area contributed by atoms with Crippen LogP contribution in [0.15, 0.2) is 200 Å². The molecule has 0 saturated carbocycles. The fourth-order valence-corrected chi connectivity index (χ4v) is 12.3. The number of anilines is 3. The third kappa shape index (κ3) is 5.38. The monoisotopic (exact) mass is 832 g/mol. The van der Waals surface area contributed by atoms with E-state index >= 15 is 0 Å². The van der Waals surface area contributed by atoms with Gasteiger partial charge in [-0.25, -0.2) is 0 Å². The number of hydrogen-bond donors (Lipinski definition) is 0. The molecule has 0 aliphatic heterocycles. The summed E-state index contributed by atoms with van der Waals surface area (Å²) in [5.41, 5.74) is 19.1. The van der Waals surface area contributed by atoms with Crippen molar-refractivity contribution >= 4 is 88.7 Å². The molecule has 0 bridgehead atoms. The van der Waals surface area contributed by atoms with Gasteiger partial charge in [0.15, 0.2) is 0 Å². The van der Waals surface area contributed by atoms with Crippen molar-refractivity contribution in [3.8, 4) is 33.4 Å². The van der Waals surface area contributed by atoms with E-state index in [-0.39, 0.29) is 0 Å². The average Bonchev–Trinajstić information content (AvgIpc) is 4.11. The fourth-order valence-electron chi connectivity index (χ4n) is 11.1. The van der Waals surface area contributed by atoms with Gasteiger partial charge in [0.25, 0.3) is 0 Å². The Morgan fingerprint density at radius 1 is 0.453 bits per heavy atom. The van der Waals surface area contributed by atoms with Gasteiger partial charge in [0.2, 0.25) is 0 Å². The van der Waals surface area contributed by atoms with Crippen molar-refractivity contribution in [3.05, 3.63) is 227 Å². The van der Waals surface area contributed by atoms with Crippen LogP contribution in [0.4, 0.5) is 17.1 Å². The molecule has 64 heavy (non-hydrogen) atoms. The van der Waals surface area contributed by atoms with E-state index in [4.69, 9.17) is 0 Å². The molecule has 2 aliphatic rings. The zero-order chi connectivity index (χ0) is 41.9. The van der Waals surface area contributed by atoms with Crippen molar-refractivity contribution < 1.29 is 0 Å². The van der Waals surface area contributed by atoms with Crippen LogP contribution in [0, 0.1) is 0 Å². The van der Waals surface area contributed by atoms with E-state index in [9.17, 15) is 0 Å². The molecule has 3 heteroatoms. The molecule has 1 unspecified atom stereocenters. The Bertz CT molecular complexity index is 3950. The van der Waals surface area contributed by atoms with Gasteiger partial charge in [-0.05, 0) is 116 Å². The summed E-state index contributed by atoms with van der Waals surface area (Å²) in [6.07, 6.45) is 6.85. The largest absolute Gasteiger partial charge is 0.310 e. The van der Waals surface area contributed by atoms with Gasteiger partial charge < -0.3 is 9.30 Å². The van der Waals surface area contributed by atoms with Crippen molar-refractivity contribution in [2.75, 3.05) is 4.90 Å². The summed E-state index contributed by atoms with van der Waals surface area (Å²) in [6.45, 7) is 0. The zero-order valence-corrected chi connectivity index (χ0v) is 35.8. The van der Waals surface area contributed by atoms with E-state index in [1.165, 1.54) is 114 Å². The van der Waals surface area contributed by atoms with Gasteiger partial charge in [-0.15, -0.1) is 11.3 Å². The minimum Gasteiger partial charge on any atom is -0.310 e. The molecule has 0 spiro atoms. The highest BCUT2D eigenvalue weighted by Gasteiger charge is 2.24. The van der Waals surface area contributed by atoms with Crippen LogP contribution >= 0.6 is 11.3 Å². The number of aromatic nitrogens is 1. The number of para-hydroxylation sites is 3. The molecular formula is C61H40N2S. The normalized spacial score (nSPS) is 14.2. The van der Waals surface area contributed by atoms with Crippen molar-refractivity contribution in [1.82, 2.24) is 4.40 Å². The van der Waals surface area contributed by atoms with Crippen molar-refractivity contribution in [1.29, 1.82) is 0 Å². The number of nitrogens with zero attached hydrogens (tertiary/aromatic N) is 2. The van der Waals surface area contributed by atoms with Gasteiger partial charge in [-0.3, -0.25) is 0 Å². The Labute approximate surface area is 374 Å². The SMILES string of the molecule is C1=c2sc3ccccc3c2=CCC1c1ccc(N(c2ccc(-c3ccccc3)cc2)c2ccc3c(c2)Cc2cc(-c4cccc5c6cccc7c8ccccc8n(c45)c76)ccc2-3)cc1. The Balaban J connectivity index is 0.837. The molecule has 14 rings (SSSR count). The predicted molar refractivity (Wildman–Crippen MR) is 272 cm³/mol.